The molecule has 3 nitrogen and oxygen atoms in total. The molecule has 0 saturated heterocycles. The van der Waals surface area contributed by atoms with Crippen molar-refractivity contribution in [2.24, 2.45) is 0 Å². The quantitative estimate of drug-likeness (QED) is 0.849. The number of benzene rings is 2. The number of aryl methyl sites for hydroxylation is 1. The van der Waals surface area contributed by atoms with Gasteiger partial charge in [0, 0.05) is 5.56 Å². The van der Waals surface area contributed by atoms with Gasteiger partial charge in [0.05, 0.1) is 5.02 Å². The summed E-state index contributed by atoms with van der Waals surface area (Å²) in [6.45, 7) is 1.79. The molecule has 0 aliphatic heterocycles. The summed E-state index contributed by atoms with van der Waals surface area (Å²) < 4.78 is 19.2. The van der Waals surface area contributed by atoms with Gasteiger partial charge in [-0.15, -0.1) is 0 Å². The fourth-order valence-corrected chi connectivity index (χ4v) is 2.04. The first kappa shape index (κ1) is 14.8. The molecule has 0 saturated carbocycles. The highest BCUT2D eigenvalue weighted by Gasteiger charge is 2.14. The second-order valence-corrected chi connectivity index (χ2v) is 4.80. The number of hydrogen-bond donors (Lipinski definition) is 2. The van der Waals surface area contributed by atoms with E-state index in [0.29, 0.717) is 22.3 Å². The lowest BCUT2D eigenvalue weighted by atomic mass is 9.77. The van der Waals surface area contributed by atoms with Crippen LogP contribution < -0.4 is 10.2 Å². The molecule has 20 heavy (non-hydrogen) atoms. The summed E-state index contributed by atoms with van der Waals surface area (Å²) in [5, 5.41) is 18.3. The Labute approximate surface area is 121 Å². The molecule has 6 heteroatoms. The summed E-state index contributed by atoms with van der Waals surface area (Å²) in [6, 6.07) is 9.55. The van der Waals surface area contributed by atoms with E-state index >= 15 is 0 Å². The van der Waals surface area contributed by atoms with Crippen molar-refractivity contribution in [3.8, 4) is 5.75 Å². The van der Waals surface area contributed by atoms with Gasteiger partial charge in [0.1, 0.15) is 18.2 Å². The molecule has 2 rings (SSSR count). The normalized spacial score (nSPS) is 10.4. The Morgan fingerprint density at radius 2 is 2.00 bits per heavy atom. The van der Waals surface area contributed by atoms with E-state index in [1.165, 1.54) is 6.07 Å². The molecule has 0 fully saturated rings. The molecule has 0 bridgehead atoms. The molecule has 0 unspecified atom stereocenters. The molecular weight excluding hydrogens is 281 g/mol. The summed E-state index contributed by atoms with van der Waals surface area (Å²) >= 11 is 5.69. The Morgan fingerprint density at radius 3 is 2.65 bits per heavy atom. The summed E-state index contributed by atoms with van der Waals surface area (Å²) in [5.74, 6) is 0.0274. The van der Waals surface area contributed by atoms with E-state index in [2.05, 4.69) is 0 Å². The fourth-order valence-electron chi connectivity index (χ4n) is 1.85. The summed E-state index contributed by atoms with van der Waals surface area (Å²) in [7, 11) is -1.52. The minimum atomic E-state index is -1.52. The largest absolute Gasteiger partial charge is 0.489 e. The maximum absolute atomic E-state index is 13.7. The Morgan fingerprint density at radius 1 is 1.25 bits per heavy atom. The van der Waals surface area contributed by atoms with Crippen molar-refractivity contribution in [3.63, 3.8) is 0 Å². The van der Waals surface area contributed by atoms with Crippen LogP contribution in [0.1, 0.15) is 11.1 Å². The van der Waals surface area contributed by atoms with Crippen molar-refractivity contribution < 1.29 is 19.2 Å². The van der Waals surface area contributed by atoms with Crippen LogP contribution in [0, 0.1) is 12.7 Å². The van der Waals surface area contributed by atoms with Crippen molar-refractivity contribution in [2.75, 3.05) is 0 Å². The molecule has 2 N–H and O–H groups in total. The van der Waals surface area contributed by atoms with Gasteiger partial charge in [0.2, 0.25) is 0 Å². The molecule has 104 valence electrons. The molecule has 0 heterocycles. The smallest absolute Gasteiger partial charge is 0.488 e. The topological polar surface area (TPSA) is 49.7 Å². The average molecular weight is 295 g/mol. The van der Waals surface area contributed by atoms with Gasteiger partial charge in [-0.3, -0.25) is 0 Å². The molecule has 0 atom stereocenters. The van der Waals surface area contributed by atoms with E-state index in [1.807, 2.05) is 0 Å². The maximum atomic E-state index is 13.7. The Hall–Kier alpha value is -1.56. The van der Waals surface area contributed by atoms with Gasteiger partial charge >= 0.3 is 7.12 Å². The highest BCUT2D eigenvalue weighted by molar-refractivity contribution is 6.59. The van der Waals surface area contributed by atoms with Crippen LogP contribution in [-0.4, -0.2) is 17.2 Å². The Balaban J connectivity index is 2.11. The van der Waals surface area contributed by atoms with Gasteiger partial charge in [0.25, 0.3) is 0 Å². The highest BCUT2D eigenvalue weighted by Crippen LogP contribution is 2.20. The predicted molar refractivity (Wildman–Crippen MR) is 76.7 cm³/mol. The Kier molecular flexibility index (Phi) is 4.65. The molecule has 0 spiro atoms. The third kappa shape index (κ3) is 3.31. The standard InChI is InChI=1S/C14H13BClFO3/c1-9-7-11(5-6-12(9)15(18)19)20-8-10-3-2-4-13(16)14(10)17/h2-7,18-19H,8H2,1H3. The number of ether oxygens (including phenoxy) is 1. The first-order valence-electron chi connectivity index (χ1n) is 6.01. The van der Waals surface area contributed by atoms with Gasteiger partial charge < -0.3 is 14.8 Å². The van der Waals surface area contributed by atoms with Gasteiger partial charge in [-0.05, 0) is 36.1 Å². The molecule has 0 aliphatic carbocycles. The van der Waals surface area contributed by atoms with Crippen molar-refractivity contribution in [3.05, 3.63) is 58.4 Å². The third-order valence-corrected chi connectivity index (χ3v) is 3.24. The highest BCUT2D eigenvalue weighted by atomic mass is 35.5. The summed E-state index contributed by atoms with van der Waals surface area (Å²) in [4.78, 5) is 0. The van der Waals surface area contributed by atoms with Crippen LogP contribution in [0.4, 0.5) is 4.39 Å². The second kappa shape index (κ2) is 6.26. The van der Waals surface area contributed by atoms with E-state index in [9.17, 15) is 4.39 Å². The number of hydrogen-bond acceptors (Lipinski definition) is 3. The Bertz CT molecular complexity index is 619. The minimum Gasteiger partial charge on any atom is -0.489 e. The molecule has 2 aromatic carbocycles. The average Bonchev–Trinajstić information content (AvgIpc) is 2.40. The van der Waals surface area contributed by atoms with E-state index in [0.717, 1.165) is 0 Å². The van der Waals surface area contributed by atoms with Gasteiger partial charge in [0.15, 0.2) is 0 Å². The lowest BCUT2D eigenvalue weighted by Gasteiger charge is -2.10. The van der Waals surface area contributed by atoms with Crippen LogP contribution in [0.2, 0.25) is 5.02 Å². The molecule has 2 aromatic rings. The maximum Gasteiger partial charge on any atom is 0.488 e. The monoisotopic (exact) mass is 294 g/mol. The van der Waals surface area contributed by atoms with Gasteiger partial charge in [-0.1, -0.05) is 29.8 Å². The number of rotatable bonds is 4. The first-order valence-corrected chi connectivity index (χ1v) is 6.39. The molecule has 0 aliphatic rings. The lowest BCUT2D eigenvalue weighted by molar-refractivity contribution is 0.299. The lowest BCUT2D eigenvalue weighted by Crippen LogP contribution is -2.31. The zero-order valence-corrected chi connectivity index (χ0v) is 11.6. The summed E-state index contributed by atoms with van der Waals surface area (Å²) in [6.07, 6.45) is 0. The second-order valence-electron chi connectivity index (χ2n) is 4.39. The van der Waals surface area contributed by atoms with Gasteiger partial charge in [-0.25, -0.2) is 4.39 Å². The molecular formula is C14H13BClFO3. The van der Waals surface area contributed by atoms with E-state index in [-0.39, 0.29) is 11.6 Å². The van der Waals surface area contributed by atoms with Crippen molar-refractivity contribution in [1.82, 2.24) is 0 Å². The van der Waals surface area contributed by atoms with Crippen LogP contribution in [-0.2, 0) is 6.61 Å². The van der Waals surface area contributed by atoms with Crippen LogP contribution in [0.5, 0.6) is 5.75 Å². The number of halogens is 2. The predicted octanol–water partition coefficient (Wildman–Crippen LogP) is 2.05. The zero-order valence-electron chi connectivity index (χ0n) is 10.8. The summed E-state index contributed by atoms with van der Waals surface area (Å²) in [5.41, 5.74) is 1.46. The fraction of sp³-hybridized carbons (Fsp3) is 0.143. The van der Waals surface area contributed by atoms with Crippen LogP contribution in [0.15, 0.2) is 36.4 Å². The zero-order chi connectivity index (χ0) is 14.7. The van der Waals surface area contributed by atoms with Crippen molar-refractivity contribution in [1.29, 1.82) is 0 Å². The SMILES string of the molecule is Cc1cc(OCc2cccc(Cl)c2F)ccc1B(O)O. The third-order valence-electron chi connectivity index (χ3n) is 2.95. The van der Waals surface area contributed by atoms with E-state index in [4.69, 9.17) is 26.4 Å². The van der Waals surface area contributed by atoms with E-state index in [1.54, 1.807) is 37.3 Å². The van der Waals surface area contributed by atoms with E-state index < -0.39 is 12.9 Å². The van der Waals surface area contributed by atoms with Crippen molar-refractivity contribution in [2.45, 2.75) is 13.5 Å². The first-order chi connectivity index (χ1) is 9.49. The molecule has 0 radical (unpaired) electrons. The molecule has 0 aromatic heterocycles. The van der Waals surface area contributed by atoms with Crippen LogP contribution >= 0.6 is 11.6 Å². The van der Waals surface area contributed by atoms with Gasteiger partial charge in [-0.2, -0.15) is 0 Å². The van der Waals surface area contributed by atoms with Crippen LogP contribution in [0.3, 0.4) is 0 Å². The van der Waals surface area contributed by atoms with Crippen molar-refractivity contribution >= 4 is 24.2 Å². The van der Waals surface area contributed by atoms with Crippen LogP contribution in [0.25, 0.3) is 0 Å². The minimum absolute atomic E-state index is 0.0485. The molecule has 0 amide bonds.